The van der Waals surface area contributed by atoms with E-state index in [0.717, 1.165) is 19.5 Å². The molecule has 0 bridgehead atoms. The Morgan fingerprint density at radius 3 is 2.50 bits per heavy atom. The van der Waals surface area contributed by atoms with Gasteiger partial charge in [-0.2, -0.15) is 0 Å². The molecule has 2 saturated heterocycles. The van der Waals surface area contributed by atoms with Crippen molar-refractivity contribution in [1.29, 1.82) is 0 Å². The molecular weight excluding hydrogens is 306 g/mol. The van der Waals surface area contributed by atoms with Crippen molar-refractivity contribution in [2.24, 2.45) is 5.92 Å². The summed E-state index contributed by atoms with van der Waals surface area (Å²) in [6.07, 6.45) is 4.27. The number of morpholine rings is 1. The molecule has 2 fully saturated rings. The smallest absolute Gasteiger partial charge is 0.224 e. The van der Waals surface area contributed by atoms with E-state index in [1.165, 1.54) is 12.8 Å². The Labute approximate surface area is 138 Å². The number of hydrogen-bond acceptors (Lipinski definition) is 4. The van der Waals surface area contributed by atoms with E-state index in [1.54, 1.807) is 0 Å². The molecule has 2 aliphatic heterocycles. The zero-order chi connectivity index (χ0) is 14.9. The summed E-state index contributed by atoms with van der Waals surface area (Å²) in [5.41, 5.74) is 0. The number of ether oxygens (including phenoxy) is 1. The van der Waals surface area contributed by atoms with Crippen LogP contribution in [0.25, 0.3) is 0 Å². The number of nitrogens with zero attached hydrogens (tertiary/aromatic N) is 1. The quantitative estimate of drug-likeness (QED) is 0.745. The van der Waals surface area contributed by atoms with Gasteiger partial charge in [0.2, 0.25) is 11.8 Å². The molecule has 128 valence electrons. The number of carbonyl (C=O) groups excluding carboxylic acids is 2. The molecule has 22 heavy (non-hydrogen) atoms. The Morgan fingerprint density at radius 2 is 1.82 bits per heavy atom. The molecule has 6 nitrogen and oxygen atoms in total. The normalized spacial score (nSPS) is 19.4. The summed E-state index contributed by atoms with van der Waals surface area (Å²) in [7, 11) is 0. The topological polar surface area (TPSA) is 70.7 Å². The van der Waals surface area contributed by atoms with E-state index in [-0.39, 0.29) is 24.2 Å². The molecule has 0 saturated carbocycles. The van der Waals surface area contributed by atoms with Crippen molar-refractivity contribution < 1.29 is 14.3 Å². The molecule has 2 N–H and O–H groups in total. The highest BCUT2D eigenvalue weighted by Crippen LogP contribution is 2.17. The zero-order valence-corrected chi connectivity index (χ0v) is 14.0. The van der Waals surface area contributed by atoms with Gasteiger partial charge in [0, 0.05) is 32.5 Å². The fourth-order valence-corrected chi connectivity index (χ4v) is 2.87. The SMILES string of the molecule is Cl.O=C(CCC1CCNCC1)NCCC(=O)N1CCOCC1. The fraction of sp³-hybridized carbons (Fsp3) is 0.867. The monoisotopic (exact) mass is 333 g/mol. The Balaban J connectivity index is 0.00000242. The van der Waals surface area contributed by atoms with E-state index in [9.17, 15) is 9.59 Å². The lowest BCUT2D eigenvalue weighted by Crippen LogP contribution is -2.42. The van der Waals surface area contributed by atoms with Gasteiger partial charge >= 0.3 is 0 Å². The number of carbonyl (C=O) groups is 2. The van der Waals surface area contributed by atoms with Crippen LogP contribution in [-0.2, 0) is 14.3 Å². The molecule has 2 aliphatic rings. The van der Waals surface area contributed by atoms with Crippen LogP contribution in [-0.4, -0.2) is 62.7 Å². The van der Waals surface area contributed by atoms with Gasteiger partial charge in [0.25, 0.3) is 0 Å². The van der Waals surface area contributed by atoms with Gasteiger partial charge in [0.15, 0.2) is 0 Å². The number of rotatable bonds is 6. The molecule has 0 unspecified atom stereocenters. The number of nitrogens with one attached hydrogen (secondary N) is 2. The predicted molar refractivity (Wildman–Crippen MR) is 87.1 cm³/mol. The van der Waals surface area contributed by atoms with Crippen LogP contribution in [0.4, 0.5) is 0 Å². The van der Waals surface area contributed by atoms with Gasteiger partial charge < -0.3 is 20.3 Å². The summed E-state index contributed by atoms with van der Waals surface area (Å²) < 4.78 is 5.21. The van der Waals surface area contributed by atoms with Gasteiger partial charge in [0.1, 0.15) is 0 Å². The minimum atomic E-state index is 0. The molecule has 0 aromatic rings. The Kier molecular flexibility index (Phi) is 9.43. The molecule has 7 heteroatoms. The summed E-state index contributed by atoms with van der Waals surface area (Å²) in [5, 5.41) is 6.19. The minimum absolute atomic E-state index is 0. The van der Waals surface area contributed by atoms with E-state index in [4.69, 9.17) is 4.74 Å². The third kappa shape index (κ3) is 6.94. The molecular formula is C15H28ClN3O3. The van der Waals surface area contributed by atoms with Crippen molar-refractivity contribution in [3.8, 4) is 0 Å². The summed E-state index contributed by atoms with van der Waals surface area (Å²) in [4.78, 5) is 25.5. The van der Waals surface area contributed by atoms with Gasteiger partial charge in [-0.3, -0.25) is 9.59 Å². The van der Waals surface area contributed by atoms with Gasteiger partial charge in [-0.15, -0.1) is 12.4 Å². The molecule has 0 aromatic carbocycles. The molecule has 0 atom stereocenters. The van der Waals surface area contributed by atoms with Crippen LogP contribution >= 0.6 is 12.4 Å². The molecule has 0 radical (unpaired) electrons. The molecule has 2 rings (SSSR count). The maximum Gasteiger partial charge on any atom is 0.224 e. The second kappa shape index (κ2) is 10.8. The number of halogens is 1. The Hall–Kier alpha value is -0.850. The summed E-state index contributed by atoms with van der Waals surface area (Å²) in [6.45, 7) is 5.16. The number of piperidine rings is 1. The minimum Gasteiger partial charge on any atom is -0.378 e. The third-order valence-electron chi connectivity index (χ3n) is 4.26. The molecule has 0 aliphatic carbocycles. The maximum absolute atomic E-state index is 11.9. The standard InChI is InChI=1S/C15H27N3O3.ClH/c19-14(2-1-13-3-6-16-7-4-13)17-8-5-15(20)18-9-11-21-12-10-18;/h13,16H,1-12H2,(H,17,19);1H. The van der Waals surface area contributed by atoms with Crippen LogP contribution in [0.3, 0.4) is 0 Å². The lowest BCUT2D eigenvalue weighted by molar-refractivity contribution is -0.135. The summed E-state index contributed by atoms with van der Waals surface area (Å²) in [6, 6.07) is 0. The highest BCUT2D eigenvalue weighted by molar-refractivity contribution is 5.85. The first-order valence-corrected chi connectivity index (χ1v) is 8.08. The van der Waals surface area contributed by atoms with Gasteiger partial charge in [-0.05, 0) is 38.3 Å². The first kappa shape index (κ1) is 19.2. The largest absolute Gasteiger partial charge is 0.378 e. The lowest BCUT2D eigenvalue weighted by atomic mass is 9.93. The van der Waals surface area contributed by atoms with Gasteiger partial charge in [-0.1, -0.05) is 0 Å². The lowest BCUT2D eigenvalue weighted by Gasteiger charge is -2.26. The first-order chi connectivity index (χ1) is 10.3. The molecule has 0 spiro atoms. The van der Waals surface area contributed by atoms with Crippen LogP contribution in [0.15, 0.2) is 0 Å². The van der Waals surface area contributed by atoms with E-state index in [0.29, 0.717) is 51.6 Å². The van der Waals surface area contributed by atoms with E-state index < -0.39 is 0 Å². The van der Waals surface area contributed by atoms with Crippen molar-refractivity contribution >= 4 is 24.2 Å². The number of amides is 2. The number of hydrogen-bond donors (Lipinski definition) is 2. The van der Waals surface area contributed by atoms with Crippen molar-refractivity contribution in [1.82, 2.24) is 15.5 Å². The average molecular weight is 334 g/mol. The van der Waals surface area contributed by atoms with Gasteiger partial charge in [-0.25, -0.2) is 0 Å². The predicted octanol–water partition coefficient (Wildman–Crippen LogP) is 0.553. The van der Waals surface area contributed by atoms with Crippen LogP contribution in [0.5, 0.6) is 0 Å². The van der Waals surface area contributed by atoms with Gasteiger partial charge in [0.05, 0.1) is 13.2 Å². The van der Waals surface area contributed by atoms with Crippen molar-refractivity contribution in [3.05, 3.63) is 0 Å². The first-order valence-electron chi connectivity index (χ1n) is 8.08. The van der Waals surface area contributed by atoms with Crippen LogP contribution in [0, 0.1) is 5.92 Å². The van der Waals surface area contributed by atoms with Crippen LogP contribution in [0.2, 0.25) is 0 Å². The van der Waals surface area contributed by atoms with E-state index in [1.807, 2.05) is 4.90 Å². The average Bonchev–Trinajstić information content (AvgIpc) is 2.54. The second-order valence-corrected chi connectivity index (χ2v) is 5.83. The second-order valence-electron chi connectivity index (χ2n) is 5.83. The molecule has 2 amide bonds. The summed E-state index contributed by atoms with van der Waals surface area (Å²) >= 11 is 0. The summed E-state index contributed by atoms with van der Waals surface area (Å²) in [5.74, 6) is 0.854. The molecule has 0 aromatic heterocycles. The Bertz CT molecular complexity index is 343. The highest BCUT2D eigenvalue weighted by Gasteiger charge is 2.17. The highest BCUT2D eigenvalue weighted by atomic mass is 35.5. The zero-order valence-electron chi connectivity index (χ0n) is 13.1. The Morgan fingerprint density at radius 1 is 1.14 bits per heavy atom. The third-order valence-corrected chi connectivity index (χ3v) is 4.26. The molecule has 2 heterocycles. The van der Waals surface area contributed by atoms with E-state index >= 15 is 0 Å². The van der Waals surface area contributed by atoms with Crippen molar-refractivity contribution in [3.63, 3.8) is 0 Å². The van der Waals surface area contributed by atoms with E-state index in [2.05, 4.69) is 10.6 Å². The van der Waals surface area contributed by atoms with Crippen molar-refractivity contribution in [2.45, 2.75) is 32.1 Å². The van der Waals surface area contributed by atoms with Crippen LogP contribution < -0.4 is 10.6 Å². The van der Waals surface area contributed by atoms with Crippen molar-refractivity contribution in [2.75, 3.05) is 45.9 Å². The maximum atomic E-state index is 11.9. The fourth-order valence-electron chi connectivity index (χ4n) is 2.87. The van der Waals surface area contributed by atoms with Crippen LogP contribution in [0.1, 0.15) is 32.1 Å².